The van der Waals surface area contributed by atoms with E-state index in [1.807, 2.05) is 39.0 Å². The fourth-order valence-corrected chi connectivity index (χ4v) is 2.21. The SMILES string of the molecule is CC(C)(C)C1C(=O)NC(=O)c2ccccc21. The Labute approximate surface area is 94.9 Å². The van der Waals surface area contributed by atoms with E-state index in [-0.39, 0.29) is 23.1 Å². The van der Waals surface area contributed by atoms with Crippen LogP contribution < -0.4 is 5.32 Å². The van der Waals surface area contributed by atoms with Crippen molar-refractivity contribution in [3.63, 3.8) is 0 Å². The smallest absolute Gasteiger partial charge is 0.258 e. The second-order valence-electron chi connectivity index (χ2n) is 5.20. The van der Waals surface area contributed by atoms with E-state index in [0.717, 1.165) is 5.56 Å². The highest BCUT2D eigenvalue weighted by molar-refractivity contribution is 6.11. The molecule has 0 aliphatic carbocycles. The zero-order chi connectivity index (χ0) is 11.9. The van der Waals surface area contributed by atoms with Gasteiger partial charge in [0.2, 0.25) is 5.91 Å². The van der Waals surface area contributed by atoms with Crippen molar-refractivity contribution in [2.75, 3.05) is 0 Å². The molecule has 1 N–H and O–H groups in total. The van der Waals surface area contributed by atoms with Crippen LogP contribution in [0.5, 0.6) is 0 Å². The van der Waals surface area contributed by atoms with E-state index in [2.05, 4.69) is 5.32 Å². The first kappa shape index (κ1) is 10.9. The van der Waals surface area contributed by atoms with Crippen molar-refractivity contribution in [2.24, 2.45) is 5.41 Å². The fraction of sp³-hybridized carbons (Fsp3) is 0.385. The van der Waals surface area contributed by atoms with Gasteiger partial charge in [0.05, 0.1) is 5.92 Å². The molecular formula is C13H15NO2. The number of amides is 2. The van der Waals surface area contributed by atoms with Crippen LogP contribution >= 0.6 is 0 Å². The Morgan fingerprint density at radius 1 is 1.12 bits per heavy atom. The number of carbonyl (C=O) groups excluding carboxylic acids is 2. The van der Waals surface area contributed by atoms with Gasteiger partial charge in [-0.25, -0.2) is 0 Å². The van der Waals surface area contributed by atoms with Crippen molar-refractivity contribution in [1.82, 2.24) is 5.32 Å². The molecule has 1 aromatic carbocycles. The number of rotatable bonds is 0. The van der Waals surface area contributed by atoms with E-state index in [0.29, 0.717) is 5.56 Å². The third-order valence-corrected chi connectivity index (χ3v) is 2.88. The Balaban J connectivity index is 2.60. The largest absolute Gasteiger partial charge is 0.292 e. The predicted octanol–water partition coefficient (Wildman–Crippen LogP) is 2.09. The van der Waals surface area contributed by atoms with Crippen LogP contribution in [0.1, 0.15) is 42.6 Å². The number of fused-ring (bicyclic) bond motifs is 1. The molecule has 0 saturated heterocycles. The molecule has 1 heterocycles. The lowest BCUT2D eigenvalue weighted by Crippen LogP contribution is -2.44. The molecule has 84 valence electrons. The van der Waals surface area contributed by atoms with E-state index in [4.69, 9.17) is 0 Å². The lowest BCUT2D eigenvalue weighted by Gasteiger charge is -2.33. The summed E-state index contributed by atoms with van der Waals surface area (Å²) in [4.78, 5) is 23.5. The van der Waals surface area contributed by atoms with Gasteiger partial charge in [-0.1, -0.05) is 39.0 Å². The number of hydrogen-bond acceptors (Lipinski definition) is 2. The molecule has 1 aliphatic heterocycles. The first-order valence-electron chi connectivity index (χ1n) is 5.35. The van der Waals surface area contributed by atoms with E-state index in [9.17, 15) is 9.59 Å². The van der Waals surface area contributed by atoms with Crippen LogP contribution in [0.15, 0.2) is 24.3 Å². The molecule has 0 radical (unpaired) electrons. The van der Waals surface area contributed by atoms with Gasteiger partial charge in [-0.3, -0.25) is 14.9 Å². The summed E-state index contributed by atoms with van der Waals surface area (Å²) in [5.41, 5.74) is 1.26. The summed E-state index contributed by atoms with van der Waals surface area (Å²) in [5, 5.41) is 2.41. The molecular weight excluding hydrogens is 202 g/mol. The molecule has 3 heteroatoms. The van der Waals surface area contributed by atoms with Gasteiger partial charge in [-0.05, 0) is 17.0 Å². The number of imide groups is 1. The Morgan fingerprint density at radius 3 is 2.38 bits per heavy atom. The molecule has 2 rings (SSSR count). The highest BCUT2D eigenvalue weighted by Gasteiger charge is 2.39. The van der Waals surface area contributed by atoms with E-state index in [1.54, 1.807) is 6.07 Å². The molecule has 0 bridgehead atoms. The molecule has 1 aromatic rings. The standard InChI is InChI=1S/C13H15NO2/c1-13(2,3)10-8-6-4-5-7-9(8)11(15)14-12(10)16/h4-7,10H,1-3H3,(H,14,15,16). The first-order valence-corrected chi connectivity index (χ1v) is 5.35. The molecule has 0 saturated carbocycles. The summed E-state index contributed by atoms with van der Waals surface area (Å²) >= 11 is 0. The topological polar surface area (TPSA) is 46.2 Å². The lowest BCUT2D eigenvalue weighted by molar-refractivity contribution is -0.124. The Hall–Kier alpha value is -1.64. The Bertz CT molecular complexity index is 457. The summed E-state index contributed by atoms with van der Waals surface area (Å²) in [7, 11) is 0. The van der Waals surface area contributed by atoms with Crippen LogP contribution in [0.3, 0.4) is 0 Å². The van der Waals surface area contributed by atoms with Crippen molar-refractivity contribution in [3.8, 4) is 0 Å². The Kier molecular flexibility index (Phi) is 2.34. The quantitative estimate of drug-likeness (QED) is 0.676. The van der Waals surface area contributed by atoms with Gasteiger partial charge in [0.15, 0.2) is 0 Å². The normalized spacial score (nSPS) is 20.3. The van der Waals surface area contributed by atoms with Gasteiger partial charge < -0.3 is 0 Å². The molecule has 0 fully saturated rings. The second kappa shape index (κ2) is 3.44. The molecule has 1 aliphatic rings. The third kappa shape index (κ3) is 1.62. The monoisotopic (exact) mass is 217 g/mol. The molecule has 0 spiro atoms. The maximum atomic E-state index is 11.9. The van der Waals surface area contributed by atoms with Crippen molar-refractivity contribution in [3.05, 3.63) is 35.4 Å². The molecule has 1 unspecified atom stereocenters. The van der Waals surface area contributed by atoms with Gasteiger partial charge in [-0.15, -0.1) is 0 Å². The van der Waals surface area contributed by atoms with Gasteiger partial charge in [0.25, 0.3) is 5.91 Å². The number of nitrogens with one attached hydrogen (secondary N) is 1. The van der Waals surface area contributed by atoms with Crippen LogP contribution in [-0.4, -0.2) is 11.8 Å². The fourth-order valence-electron chi connectivity index (χ4n) is 2.21. The summed E-state index contributed by atoms with van der Waals surface area (Å²) in [6.45, 7) is 6.01. The summed E-state index contributed by atoms with van der Waals surface area (Å²) in [6.07, 6.45) is 0. The van der Waals surface area contributed by atoms with Crippen molar-refractivity contribution in [1.29, 1.82) is 0 Å². The van der Waals surface area contributed by atoms with Crippen molar-refractivity contribution < 1.29 is 9.59 Å². The summed E-state index contributed by atoms with van der Waals surface area (Å²) in [6, 6.07) is 7.30. The Morgan fingerprint density at radius 2 is 1.75 bits per heavy atom. The third-order valence-electron chi connectivity index (χ3n) is 2.88. The predicted molar refractivity (Wildman–Crippen MR) is 61.1 cm³/mol. The van der Waals surface area contributed by atoms with E-state index in [1.165, 1.54) is 0 Å². The van der Waals surface area contributed by atoms with Gasteiger partial charge in [0.1, 0.15) is 0 Å². The van der Waals surface area contributed by atoms with Gasteiger partial charge >= 0.3 is 0 Å². The maximum Gasteiger partial charge on any atom is 0.258 e. The molecule has 2 amide bonds. The molecule has 0 aromatic heterocycles. The van der Waals surface area contributed by atoms with Crippen LogP contribution in [0.4, 0.5) is 0 Å². The number of benzene rings is 1. The summed E-state index contributed by atoms with van der Waals surface area (Å²) in [5.74, 6) is -0.751. The first-order chi connectivity index (χ1) is 7.41. The van der Waals surface area contributed by atoms with Crippen LogP contribution in [0, 0.1) is 5.41 Å². The average molecular weight is 217 g/mol. The lowest BCUT2D eigenvalue weighted by atomic mass is 9.73. The van der Waals surface area contributed by atoms with Gasteiger partial charge in [-0.2, -0.15) is 0 Å². The maximum absolute atomic E-state index is 11.9. The second-order valence-corrected chi connectivity index (χ2v) is 5.20. The van der Waals surface area contributed by atoms with Crippen LogP contribution in [0.2, 0.25) is 0 Å². The zero-order valence-electron chi connectivity index (χ0n) is 9.70. The van der Waals surface area contributed by atoms with Crippen molar-refractivity contribution >= 4 is 11.8 Å². The average Bonchev–Trinajstić information content (AvgIpc) is 2.15. The highest BCUT2D eigenvalue weighted by Crippen LogP contribution is 2.38. The minimum atomic E-state index is -0.291. The minimum Gasteiger partial charge on any atom is -0.292 e. The molecule has 16 heavy (non-hydrogen) atoms. The van der Waals surface area contributed by atoms with E-state index >= 15 is 0 Å². The highest BCUT2D eigenvalue weighted by atomic mass is 16.2. The zero-order valence-corrected chi connectivity index (χ0v) is 9.70. The van der Waals surface area contributed by atoms with Crippen LogP contribution in [0.25, 0.3) is 0 Å². The van der Waals surface area contributed by atoms with E-state index < -0.39 is 0 Å². The molecule has 1 atom stereocenters. The number of hydrogen-bond donors (Lipinski definition) is 1. The summed E-state index contributed by atoms with van der Waals surface area (Å²) < 4.78 is 0. The minimum absolute atomic E-state index is 0.194. The van der Waals surface area contributed by atoms with Crippen molar-refractivity contribution in [2.45, 2.75) is 26.7 Å². The molecule has 3 nitrogen and oxygen atoms in total. The number of carbonyl (C=O) groups is 2. The van der Waals surface area contributed by atoms with Gasteiger partial charge in [0, 0.05) is 5.56 Å². The van der Waals surface area contributed by atoms with Crippen LogP contribution in [-0.2, 0) is 4.79 Å².